The Labute approximate surface area is 106 Å². The van der Waals surface area contributed by atoms with E-state index in [2.05, 4.69) is 5.32 Å². The average molecular weight is 244 g/mol. The summed E-state index contributed by atoms with van der Waals surface area (Å²) in [5.41, 5.74) is 1.42. The fourth-order valence-corrected chi connectivity index (χ4v) is 2.81. The highest BCUT2D eigenvalue weighted by molar-refractivity contribution is 6.08. The van der Waals surface area contributed by atoms with E-state index in [1.165, 1.54) is 0 Å². The molecule has 1 spiro atoms. The van der Waals surface area contributed by atoms with E-state index in [0.29, 0.717) is 13.1 Å². The summed E-state index contributed by atoms with van der Waals surface area (Å²) in [7, 11) is 0. The number of benzene rings is 1. The molecule has 4 nitrogen and oxygen atoms in total. The molecule has 2 aliphatic heterocycles. The lowest BCUT2D eigenvalue weighted by Crippen LogP contribution is -2.64. The molecule has 2 aliphatic rings. The van der Waals surface area contributed by atoms with Gasteiger partial charge in [-0.3, -0.25) is 9.59 Å². The SMILES string of the molecule is CC(C)C(=O)N1CC2(C1)C(=O)Nc1ccccc12. The molecule has 2 heterocycles. The smallest absolute Gasteiger partial charge is 0.238 e. The minimum Gasteiger partial charge on any atom is -0.339 e. The number of amides is 2. The lowest BCUT2D eigenvalue weighted by molar-refractivity contribution is -0.146. The lowest BCUT2D eigenvalue weighted by Gasteiger charge is -2.47. The zero-order chi connectivity index (χ0) is 12.9. The van der Waals surface area contributed by atoms with Crippen LogP contribution in [0.5, 0.6) is 0 Å². The van der Waals surface area contributed by atoms with Crippen LogP contribution in [-0.2, 0) is 15.0 Å². The topological polar surface area (TPSA) is 49.4 Å². The number of nitrogens with zero attached hydrogens (tertiary/aromatic N) is 1. The minimum absolute atomic E-state index is 0.0120. The Kier molecular flexibility index (Phi) is 2.24. The van der Waals surface area contributed by atoms with Crippen molar-refractivity contribution in [3.05, 3.63) is 29.8 Å². The van der Waals surface area contributed by atoms with Crippen LogP contribution in [0.1, 0.15) is 19.4 Å². The van der Waals surface area contributed by atoms with Gasteiger partial charge in [0.2, 0.25) is 11.8 Å². The van der Waals surface area contributed by atoms with Crippen LogP contribution in [0.25, 0.3) is 0 Å². The molecule has 0 aromatic heterocycles. The molecule has 2 amide bonds. The Morgan fingerprint density at radius 2 is 2.00 bits per heavy atom. The molecule has 0 radical (unpaired) electrons. The van der Waals surface area contributed by atoms with Crippen LogP contribution >= 0.6 is 0 Å². The van der Waals surface area contributed by atoms with Crippen LogP contribution in [0, 0.1) is 5.92 Å². The van der Waals surface area contributed by atoms with Gasteiger partial charge in [0.05, 0.1) is 0 Å². The molecule has 1 fully saturated rings. The summed E-state index contributed by atoms with van der Waals surface area (Å²) in [6.07, 6.45) is 0. The van der Waals surface area contributed by atoms with Crippen LogP contribution in [0.2, 0.25) is 0 Å². The molecule has 1 saturated heterocycles. The normalized spacial score (nSPS) is 19.7. The van der Waals surface area contributed by atoms with Gasteiger partial charge >= 0.3 is 0 Å². The van der Waals surface area contributed by atoms with E-state index in [1.54, 1.807) is 4.90 Å². The van der Waals surface area contributed by atoms with E-state index in [4.69, 9.17) is 0 Å². The molecule has 0 aliphatic carbocycles. The van der Waals surface area contributed by atoms with Crippen molar-refractivity contribution in [1.82, 2.24) is 4.90 Å². The van der Waals surface area contributed by atoms with E-state index in [-0.39, 0.29) is 17.7 Å². The van der Waals surface area contributed by atoms with Crippen molar-refractivity contribution in [2.45, 2.75) is 19.3 Å². The van der Waals surface area contributed by atoms with Gasteiger partial charge in [-0.1, -0.05) is 32.0 Å². The van der Waals surface area contributed by atoms with Crippen LogP contribution in [0.15, 0.2) is 24.3 Å². The van der Waals surface area contributed by atoms with Gasteiger partial charge in [0, 0.05) is 24.7 Å². The van der Waals surface area contributed by atoms with E-state index in [9.17, 15) is 9.59 Å². The number of nitrogens with one attached hydrogen (secondary N) is 1. The van der Waals surface area contributed by atoms with Crippen molar-refractivity contribution in [3.63, 3.8) is 0 Å². The Bertz CT molecular complexity index is 530. The molecule has 18 heavy (non-hydrogen) atoms. The second-order valence-corrected chi connectivity index (χ2v) is 5.43. The lowest BCUT2D eigenvalue weighted by atomic mass is 9.74. The maximum Gasteiger partial charge on any atom is 0.238 e. The van der Waals surface area contributed by atoms with Crippen LogP contribution < -0.4 is 5.32 Å². The number of rotatable bonds is 1. The second kappa shape index (κ2) is 3.57. The predicted molar refractivity (Wildman–Crippen MR) is 68.2 cm³/mol. The maximum atomic E-state index is 12.1. The summed E-state index contributed by atoms with van der Waals surface area (Å²) in [5.74, 6) is 0.136. The molecule has 1 aromatic carbocycles. The molecule has 94 valence electrons. The molecule has 3 rings (SSSR count). The van der Waals surface area contributed by atoms with Crippen LogP contribution in [0.4, 0.5) is 5.69 Å². The standard InChI is InChI=1S/C14H16N2O2/c1-9(2)12(17)16-7-14(8-16)10-5-3-4-6-11(10)15-13(14)18/h3-6,9H,7-8H2,1-2H3,(H,15,18). The third-order valence-electron chi connectivity index (χ3n) is 3.85. The number of likely N-dealkylation sites (tertiary alicyclic amines) is 1. The van der Waals surface area contributed by atoms with E-state index in [1.807, 2.05) is 38.1 Å². The Hall–Kier alpha value is -1.84. The first-order valence-corrected chi connectivity index (χ1v) is 6.24. The number of fused-ring (bicyclic) bond motifs is 2. The summed E-state index contributed by atoms with van der Waals surface area (Å²) < 4.78 is 0. The van der Waals surface area contributed by atoms with Gasteiger partial charge in [-0.05, 0) is 11.6 Å². The molecule has 1 aromatic rings. The predicted octanol–water partition coefficient (Wildman–Crippen LogP) is 1.37. The van der Waals surface area contributed by atoms with Crippen LogP contribution in [0.3, 0.4) is 0 Å². The van der Waals surface area contributed by atoms with Gasteiger partial charge in [0.15, 0.2) is 0 Å². The molecule has 0 saturated carbocycles. The van der Waals surface area contributed by atoms with E-state index >= 15 is 0 Å². The molecular formula is C14H16N2O2. The minimum atomic E-state index is -0.499. The second-order valence-electron chi connectivity index (χ2n) is 5.43. The largest absolute Gasteiger partial charge is 0.339 e. The summed E-state index contributed by atoms with van der Waals surface area (Å²) in [6, 6.07) is 7.74. The van der Waals surface area contributed by atoms with Crippen molar-refractivity contribution < 1.29 is 9.59 Å². The molecular weight excluding hydrogens is 228 g/mol. The van der Waals surface area contributed by atoms with Crippen molar-refractivity contribution >= 4 is 17.5 Å². The first-order chi connectivity index (χ1) is 8.54. The van der Waals surface area contributed by atoms with Crippen molar-refractivity contribution in [1.29, 1.82) is 0 Å². The highest BCUT2D eigenvalue weighted by atomic mass is 16.2. The fraction of sp³-hybridized carbons (Fsp3) is 0.429. The maximum absolute atomic E-state index is 12.1. The van der Waals surface area contributed by atoms with Gasteiger partial charge in [-0.2, -0.15) is 0 Å². The Morgan fingerprint density at radius 3 is 2.67 bits per heavy atom. The molecule has 1 N–H and O–H groups in total. The highest BCUT2D eigenvalue weighted by Crippen LogP contribution is 2.44. The Balaban J connectivity index is 1.87. The molecule has 0 bridgehead atoms. The number of hydrogen-bond donors (Lipinski definition) is 1. The number of carbonyl (C=O) groups is 2. The summed E-state index contributed by atoms with van der Waals surface area (Å²) in [5, 5.41) is 2.90. The van der Waals surface area contributed by atoms with Crippen molar-refractivity contribution in [3.8, 4) is 0 Å². The molecule has 0 unspecified atom stereocenters. The van der Waals surface area contributed by atoms with Gasteiger partial charge in [-0.15, -0.1) is 0 Å². The van der Waals surface area contributed by atoms with Gasteiger partial charge in [0.25, 0.3) is 0 Å². The average Bonchev–Trinajstić information content (AvgIpc) is 2.58. The van der Waals surface area contributed by atoms with E-state index < -0.39 is 5.41 Å². The summed E-state index contributed by atoms with van der Waals surface area (Å²) >= 11 is 0. The quantitative estimate of drug-likeness (QED) is 0.811. The van der Waals surface area contributed by atoms with Crippen molar-refractivity contribution in [2.24, 2.45) is 5.92 Å². The Morgan fingerprint density at radius 1 is 1.33 bits per heavy atom. The molecule has 4 heteroatoms. The number of hydrogen-bond acceptors (Lipinski definition) is 2. The van der Waals surface area contributed by atoms with Crippen LogP contribution in [-0.4, -0.2) is 29.8 Å². The number of anilines is 1. The molecule has 0 atom stereocenters. The summed E-state index contributed by atoms with van der Waals surface area (Å²) in [6.45, 7) is 4.78. The monoisotopic (exact) mass is 244 g/mol. The zero-order valence-corrected chi connectivity index (χ0v) is 10.6. The van der Waals surface area contributed by atoms with Crippen molar-refractivity contribution in [2.75, 3.05) is 18.4 Å². The third kappa shape index (κ3) is 1.32. The highest BCUT2D eigenvalue weighted by Gasteiger charge is 2.56. The third-order valence-corrected chi connectivity index (χ3v) is 3.85. The van der Waals surface area contributed by atoms with Gasteiger partial charge in [-0.25, -0.2) is 0 Å². The fourth-order valence-electron chi connectivity index (χ4n) is 2.81. The number of para-hydroxylation sites is 1. The van der Waals surface area contributed by atoms with Gasteiger partial charge in [0.1, 0.15) is 5.41 Å². The first kappa shape index (κ1) is 11.3. The summed E-state index contributed by atoms with van der Waals surface area (Å²) in [4.78, 5) is 25.8. The zero-order valence-electron chi connectivity index (χ0n) is 10.6. The van der Waals surface area contributed by atoms with E-state index in [0.717, 1.165) is 11.3 Å². The number of carbonyl (C=O) groups excluding carboxylic acids is 2. The first-order valence-electron chi connectivity index (χ1n) is 6.24. The van der Waals surface area contributed by atoms with Gasteiger partial charge < -0.3 is 10.2 Å².